The van der Waals surface area contributed by atoms with Crippen molar-refractivity contribution < 1.29 is 12.8 Å². The maximum absolute atomic E-state index is 13.4. The average molecular weight is 488 g/mol. The first-order chi connectivity index (χ1) is 17.0. The number of para-hydroxylation sites is 3. The van der Waals surface area contributed by atoms with Crippen molar-refractivity contribution in [1.29, 1.82) is 5.26 Å². The lowest BCUT2D eigenvalue weighted by Gasteiger charge is -2.37. The van der Waals surface area contributed by atoms with Crippen molar-refractivity contribution in [1.82, 2.24) is 9.97 Å². The molecule has 35 heavy (non-hydrogen) atoms. The van der Waals surface area contributed by atoms with Crippen LogP contribution < -0.4 is 9.80 Å². The smallest absolute Gasteiger partial charge is 0.200 e. The first-order valence-corrected chi connectivity index (χ1v) is 12.7. The third kappa shape index (κ3) is 4.40. The van der Waals surface area contributed by atoms with E-state index in [1.54, 1.807) is 12.1 Å². The number of piperazine rings is 1. The Balaban J connectivity index is 1.55. The van der Waals surface area contributed by atoms with Crippen LogP contribution in [-0.2, 0) is 9.84 Å². The van der Waals surface area contributed by atoms with Gasteiger partial charge in [-0.15, -0.1) is 0 Å². The Morgan fingerprint density at radius 1 is 0.800 bits per heavy atom. The first kappa shape index (κ1) is 22.7. The van der Waals surface area contributed by atoms with Gasteiger partial charge in [0.2, 0.25) is 9.84 Å². The third-order valence-electron chi connectivity index (χ3n) is 6.10. The summed E-state index contributed by atoms with van der Waals surface area (Å²) in [4.78, 5) is 13.5. The average Bonchev–Trinajstić information content (AvgIpc) is 2.89. The highest BCUT2D eigenvalue weighted by Crippen LogP contribution is 2.34. The number of rotatable bonds is 5. The summed E-state index contributed by atoms with van der Waals surface area (Å²) in [6.45, 7) is 2.59. The van der Waals surface area contributed by atoms with Crippen LogP contribution in [0.15, 0.2) is 83.8 Å². The molecule has 0 amide bonds. The monoisotopic (exact) mass is 487 g/mol. The summed E-state index contributed by atoms with van der Waals surface area (Å²) in [5.74, 6) is -0.173. The van der Waals surface area contributed by atoms with Crippen LogP contribution >= 0.6 is 0 Å². The van der Waals surface area contributed by atoms with Crippen LogP contribution in [-0.4, -0.2) is 44.6 Å². The Morgan fingerprint density at radius 2 is 1.37 bits per heavy atom. The Kier molecular flexibility index (Phi) is 6.05. The minimum atomic E-state index is -4.17. The van der Waals surface area contributed by atoms with E-state index in [0.717, 1.165) is 17.8 Å². The molecule has 0 N–H and O–H groups in total. The Hall–Kier alpha value is -4.03. The highest BCUT2D eigenvalue weighted by Gasteiger charge is 2.35. The topological polar surface area (TPSA) is 90.2 Å². The van der Waals surface area contributed by atoms with E-state index in [-0.39, 0.29) is 10.6 Å². The normalized spacial score (nSPS) is 15.1. The number of sulfone groups is 1. The van der Waals surface area contributed by atoms with E-state index in [4.69, 9.17) is 4.98 Å². The van der Waals surface area contributed by atoms with E-state index >= 15 is 0 Å². The van der Waals surface area contributed by atoms with Gasteiger partial charge in [-0.25, -0.2) is 22.8 Å². The zero-order chi connectivity index (χ0) is 24.4. The maximum atomic E-state index is 13.4. The number of fused-ring (bicyclic) bond motifs is 1. The van der Waals surface area contributed by atoms with E-state index in [1.165, 1.54) is 12.1 Å². The highest BCUT2D eigenvalue weighted by atomic mass is 32.2. The number of benzene rings is 3. The number of halogens is 1. The van der Waals surface area contributed by atoms with Gasteiger partial charge in [-0.2, -0.15) is 5.26 Å². The molecule has 1 aliphatic heterocycles. The number of aromatic nitrogens is 2. The number of hydrogen-bond donors (Lipinski definition) is 0. The Bertz CT molecular complexity index is 1500. The van der Waals surface area contributed by atoms with Gasteiger partial charge in [-0.1, -0.05) is 30.3 Å². The Morgan fingerprint density at radius 3 is 2.00 bits per heavy atom. The number of hydrogen-bond acceptors (Lipinski definition) is 7. The third-order valence-corrected chi connectivity index (χ3v) is 7.98. The molecule has 9 heteroatoms. The van der Waals surface area contributed by atoms with Gasteiger partial charge in [0.1, 0.15) is 11.5 Å². The summed E-state index contributed by atoms with van der Waals surface area (Å²) in [6.07, 6.45) is 0. The van der Waals surface area contributed by atoms with E-state index in [1.807, 2.05) is 41.3 Å². The van der Waals surface area contributed by atoms with Crippen molar-refractivity contribution in [2.45, 2.75) is 10.1 Å². The summed E-state index contributed by atoms with van der Waals surface area (Å²) in [5.41, 5.74) is 2.32. The summed E-state index contributed by atoms with van der Waals surface area (Å²) >= 11 is 0. The van der Waals surface area contributed by atoms with E-state index in [0.29, 0.717) is 43.0 Å². The van der Waals surface area contributed by atoms with Gasteiger partial charge >= 0.3 is 0 Å². The fourth-order valence-electron chi connectivity index (χ4n) is 4.27. The molecule has 7 nitrogen and oxygen atoms in total. The van der Waals surface area contributed by atoms with Crippen molar-refractivity contribution >= 4 is 32.4 Å². The molecule has 1 atom stereocenters. The molecular formula is C26H22FN5O2S. The fourth-order valence-corrected chi connectivity index (χ4v) is 5.64. The van der Waals surface area contributed by atoms with Crippen molar-refractivity contribution in [2.75, 3.05) is 36.0 Å². The van der Waals surface area contributed by atoms with Crippen LogP contribution in [0.1, 0.15) is 10.9 Å². The van der Waals surface area contributed by atoms with Gasteiger partial charge in [0.25, 0.3) is 0 Å². The van der Waals surface area contributed by atoms with Crippen molar-refractivity contribution in [2.24, 2.45) is 0 Å². The largest absolute Gasteiger partial charge is 0.368 e. The van der Waals surface area contributed by atoms with Crippen molar-refractivity contribution in [3.8, 4) is 6.07 Å². The lowest BCUT2D eigenvalue weighted by molar-refractivity contribution is 0.588. The first-order valence-electron chi connectivity index (χ1n) is 11.2. The summed E-state index contributed by atoms with van der Waals surface area (Å²) in [6, 6.07) is 23.6. The zero-order valence-electron chi connectivity index (χ0n) is 18.8. The maximum Gasteiger partial charge on any atom is 0.200 e. The van der Waals surface area contributed by atoms with Gasteiger partial charge in [0, 0.05) is 31.9 Å². The molecule has 0 radical (unpaired) electrons. The second kappa shape index (κ2) is 9.31. The van der Waals surface area contributed by atoms with Crippen LogP contribution in [0.25, 0.3) is 11.0 Å². The molecule has 3 aromatic carbocycles. The molecule has 2 heterocycles. The minimum Gasteiger partial charge on any atom is -0.368 e. The predicted octanol–water partition coefficient (Wildman–Crippen LogP) is 4.13. The molecule has 5 rings (SSSR count). The van der Waals surface area contributed by atoms with Crippen LogP contribution in [0.3, 0.4) is 0 Å². The van der Waals surface area contributed by atoms with E-state index < -0.39 is 20.9 Å². The predicted molar refractivity (Wildman–Crippen MR) is 132 cm³/mol. The minimum absolute atomic E-state index is 0.0867. The number of nitriles is 1. The number of nitrogens with zero attached hydrogens (tertiary/aromatic N) is 5. The summed E-state index contributed by atoms with van der Waals surface area (Å²) in [7, 11) is -4.17. The van der Waals surface area contributed by atoms with Crippen LogP contribution in [0.4, 0.5) is 15.9 Å². The molecule has 0 bridgehead atoms. The molecule has 1 aromatic heterocycles. The lowest BCUT2D eigenvalue weighted by Crippen LogP contribution is -2.47. The van der Waals surface area contributed by atoms with E-state index in [2.05, 4.69) is 22.0 Å². The van der Waals surface area contributed by atoms with Crippen LogP contribution in [0.5, 0.6) is 0 Å². The zero-order valence-corrected chi connectivity index (χ0v) is 19.6. The van der Waals surface area contributed by atoms with Crippen LogP contribution in [0.2, 0.25) is 0 Å². The van der Waals surface area contributed by atoms with Gasteiger partial charge in [-0.3, -0.25) is 0 Å². The molecule has 0 aliphatic carbocycles. The molecule has 1 unspecified atom stereocenters. The van der Waals surface area contributed by atoms with E-state index in [9.17, 15) is 18.1 Å². The summed E-state index contributed by atoms with van der Waals surface area (Å²) < 4.78 is 40.3. The second-order valence-electron chi connectivity index (χ2n) is 8.24. The molecule has 1 aliphatic rings. The standard InChI is InChI=1S/C26H22FN5O2S/c27-19-10-12-21(13-11-19)35(33,34)24(18-28)25-26(30-23-9-5-4-8-22(23)29-25)32-16-14-31(15-17-32)20-6-2-1-3-7-20/h1-13,24H,14-17H2. The molecule has 0 spiro atoms. The second-order valence-corrected chi connectivity index (χ2v) is 10.3. The summed E-state index contributed by atoms with van der Waals surface area (Å²) in [5, 5.41) is 8.43. The number of anilines is 2. The quantitative estimate of drug-likeness (QED) is 0.391. The molecule has 0 saturated carbocycles. The van der Waals surface area contributed by atoms with Crippen molar-refractivity contribution in [3.05, 3.63) is 90.4 Å². The van der Waals surface area contributed by atoms with Gasteiger partial charge in [-0.05, 0) is 48.5 Å². The van der Waals surface area contributed by atoms with Crippen molar-refractivity contribution in [3.63, 3.8) is 0 Å². The fraction of sp³-hybridized carbons (Fsp3) is 0.192. The van der Waals surface area contributed by atoms with Gasteiger partial charge in [0.05, 0.1) is 22.0 Å². The SMILES string of the molecule is N#CC(c1nc2ccccc2nc1N1CCN(c2ccccc2)CC1)S(=O)(=O)c1ccc(F)cc1. The highest BCUT2D eigenvalue weighted by molar-refractivity contribution is 7.92. The molecule has 1 saturated heterocycles. The lowest BCUT2D eigenvalue weighted by atomic mass is 10.2. The molecule has 4 aromatic rings. The van der Waals surface area contributed by atoms with Crippen LogP contribution in [0, 0.1) is 17.1 Å². The van der Waals surface area contributed by atoms with Gasteiger partial charge in [0.15, 0.2) is 11.1 Å². The molecular weight excluding hydrogens is 465 g/mol. The molecule has 1 fully saturated rings. The Labute approximate surface area is 203 Å². The van der Waals surface area contributed by atoms with Gasteiger partial charge < -0.3 is 9.80 Å². The molecule has 176 valence electrons.